The van der Waals surface area contributed by atoms with E-state index in [0.717, 1.165) is 5.82 Å². The highest BCUT2D eigenvalue weighted by Crippen LogP contribution is 2.46. The summed E-state index contributed by atoms with van der Waals surface area (Å²) >= 11 is 0. The Morgan fingerprint density at radius 3 is 3.00 bits per heavy atom. The molecule has 1 aliphatic carbocycles. The van der Waals surface area contributed by atoms with Crippen molar-refractivity contribution in [3.63, 3.8) is 0 Å². The Hall–Kier alpha value is -1.39. The lowest BCUT2D eigenvalue weighted by Gasteiger charge is -1.95. The van der Waals surface area contributed by atoms with Crippen molar-refractivity contribution in [1.82, 2.24) is 14.8 Å². The predicted molar refractivity (Wildman–Crippen MR) is 39.5 cm³/mol. The molecule has 0 amide bonds. The fraction of sp³-hybridized carbons (Fsp3) is 0.571. The second kappa shape index (κ2) is 2.30. The van der Waals surface area contributed by atoms with E-state index in [1.54, 1.807) is 11.7 Å². The van der Waals surface area contributed by atoms with Gasteiger partial charge in [-0.05, 0) is 6.42 Å². The normalized spacial score (nSPS) is 27.1. The first-order valence-corrected chi connectivity index (χ1v) is 3.77. The standard InChI is InChI=1S/C7H9N3O2/c1-10-6(8-3-9-10)4-2-5(4)7(11)12/h3-5H,2H2,1H3,(H,11,12). The monoisotopic (exact) mass is 167 g/mol. The minimum atomic E-state index is -0.733. The molecule has 5 heteroatoms. The van der Waals surface area contributed by atoms with Crippen LogP contribution in [0.1, 0.15) is 18.2 Å². The number of nitrogens with zero attached hydrogens (tertiary/aromatic N) is 3. The average molecular weight is 167 g/mol. The third-order valence-electron chi connectivity index (χ3n) is 2.19. The lowest BCUT2D eigenvalue weighted by molar-refractivity contribution is -0.138. The Morgan fingerprint density at radius 1 is 1.83 bits per heavy atom. The third kappa shape index (κ3) is 0.975. The van der Waals surface area contributed by atoms with Crippen LogP contribution >= 0.6 is 0 Å². The molecule has 0 bridgehead atoms. The molecular weight excluding hydrogens is 158 g/mol. The predicted octanol–water partition coefficient (Wildman–Crippen LogP) is 0.00320. The molecule has 1 aromatic heterocycles. The van der Waals surface area contributed by atoms with Crippen LogP contribution in [0.5, 0.6) is 0 Å². The maximum Gasteiger partial charge on any atom is 0.307 e. The van der Waals surface area contributed by atoms with E-state index in [2.05, 4.69) is 10.1 Å². The van der Waals surface area contributed by atoms with Gasteiger partial charge in [-0.2, -0.15) is 5.10 Å². The molecule has 2 rings (SSSR count). The fourth-order valence-corrected chi connectivity index (χ4v) is 1.39. The zero-order valence-electron chi connectivity index (χ0n) is 6.64. The van der Waals surface area contributed by atoms with E-state index in [4.69, 9.17) is 5.11 Å². The van der Waals surface area contributed by atoms with Crippen molar-refractivity contribution in [1.29, 1.82) is 0 Å². The topological polar surface area (TPSA) is 68.0 Å². The molecule has 1 fully saturated rings. The second-order valence-electron chi connectivity index (χ2n) is 3.03. The van der Waals surface area contributed by atoms with Crippen molar-refractivity contribution >= 4 is 5.97 Å². The molecule has 0 saturated heterocycles. The molecule has 1 N–H and O–H groups in total. The van der Waals surface area contributed by atoms with E-state index in [-0.39, 0.29) is 11.8 Å². The summed E-state index contributed by atoms with van der Waals surface area (Å²) in [7, 11) is 1.78. The zero-order chi connectivity index (χ0) is 8.72. The number of aromatic nitrogens is 3. The summed E-state index contributed by atoms with van der Waals surface area (Å²) in [5, 5.41) is 12.5. The van der Waals surface area contributed by atoms with Crippen molar-refractivity contribution in [3.05, 3.63) is 12.2 Å². The number of carboxylic acids is 1. The fourth-order valence-electron chi connectivity index (χ4n) is 1.39. The molecule has 12 heavy (non-hydrogen) atoms. The molecule has 2 atom stereocenters. The van der Waals surface area contributed by atoms with Crippen molar-refractivity contribution in [2.24, 2.45) is 13.0 Å². The largest absolute Gasteiger partial charge is 0.481 e. The summed E-state index contributed by atoms with van der Waals surface area (Å²) in [5.74, 6) is -0.117. The maximum absolute atomic E-state index is 10.5. The minimum Gasteiger partial charge on any atom is -0.481 e. The van der Waals surface area contributed by atoms with Gasteiger partial charge in [-0.1, -0.05) is 0 Å². The Balaban J connectivity index is 2.15. The number of carbonyl (C=O) groups is 1. The smallest absolute Gasteiger partial charge is 0.307 e. The van der Waals surface area contributed by atoms with Gasteiger partial charge in [0.2, 0.25) is 0 Å². The van der Waals surface area contributed by atoms with Crippen LogP contribution in [0, 0.1) is 5.92 Å². The molecule has 0 aliphatic heterocycles. The summed E-state index contributed by atoms with van der Waals surface area (Å²) in [6.07, 6.45) is 2.15. The molecule has 0 spiro atoms. The van der Waals surface area contributed by atoms with E-state index >= 15 is 0 Å². The van der Waals surface area contributed by atoms with E-state index in [0.29, 0.717) is 6.42 Å². The molecule has 1 saturated carbocycles. The van der Waals surface area contributed by atoms with Crippen LogP contribution in [-0.2, 0) is 11.8 Å². The number of rotatable bonds is 2. The quantitative estimate of drug-likeness (QED) is 0.673. The van der Waals surface area contributed by atoms with Gasteiger partial charge in [-0.25, -0.2) is 4.98 Å². The molecule has 1 aliphatic rings. The van der Waals surface area contributed by atoms with E-state index < -0.39 is 5.97 Å². The summed E-state index contributed by atoms with van der Waals surface area (Å²) in [6.45, 7) is 0. The highest BCUT2D eigenvalue weighted by molar-refractivity contribution is 5.74. The van der Waals surface area contributed by atoms with Gasteiger partial charge < -0.3 is 5.11 Å². The Labute approximate surface area is 69.0 Å². The Morgan fingerprint density at radius 2 is 2.58 bits per heavy atom. The number of aryl methyl sites for hydroxylation is 1. The van der Waals surface area contributed by atoms with Crippen LogP contribution in [0.4, 0.5) is 0 Å². The molecular formula is C7H9N3O2. The van der Waals surface area contributed by atoms with Gasteiger partial charge in [0.05, 0.1) is 5.92 Å². The highest BCUT2D eigenvalue weighted by atomic mass is 16.4. The first-order valence-electron chi connectivity index (χ1n) is 3.77. The van der Waals surface area contributed by atoms with Crippen molar-refractivity contribution < 1.29 is 9.90 Å². The summed E-state index contributed by atoms with van der Waals surface area (Å²) in [5.41, 5.74) is 0. The lowest BCUT2D eigenvalue weighted by Crippen LogP contribution is -2.03. The van der Waals surface area contributed by atoms with Crippen LogP contribution in [0.3, 0.4) is 0 Å². The Bertz CT molecular complexity index is 320. The molecule has 1 aromatic rings. The van der Waals surface area contributed by atoms with Crippen LogP contribution in [0.25, 0.3) is 0 Å². The maximum atomic E-state index is 10.5. The van der Waals surface area contributed by atoms with Gasteiger partial charge in [0.25, 0.3) is 0 Å². The second-order valence-corrected chi connectivity index (χ2v) is 3.03. The number of hydrogen-bond acceptors (Lipinski definition) is 3. The van der Waals surface area contributed by atoms with E-state index in [9.17, 15) is 4.79 Å². The Kier molecular flexibility index (Phi) is 1.39. The first-order chi connectivity index (χ1) is 5.70. The molecule has 1 heterocycles. The van der Waals surface area contributed by atoms with Crippen LogP contribution in [-0.4, -0.2) is 25.8 Å². The molecule has 0 radical (unpaired) electrons. The number of carboxylic acid groups (broad SMARTS) is 1. The van der Waals surface area contributed by atoms with Gasteiger partial charge in [-0.15, -0.1) is 0 Å². The van der Waals surface area contributed by atoms with Crippen molar-refractivity contribution in [3.8, 4) is 0 Å². The summed E-state index contributed by atoms with van der Waals surface area (Å²) < 4.78 is 1.63. The van der Waals surface area contributed by atoms with Crippen molar-refractivity contribution in [2.45, 2.75) is 12.3 Å². The van der Waals surface area contributed by atoms with Crippen LogP contribution < -0.4 is 0 Å². The van der Waals surface area contributed by atoms with Gasteiger partial charge in [0, 0.05) is 13.0 Å². The molecule has 64 valence electrons. The first kappa shape index (κ1) is 7.27. The number of aliphatic carboxylic acids is 1. The van der Waals surface area contributed by atoms with Crippen LogP contribution in [0.15, 0.2) is 6.33 Å². The molecule has 2 unspecified atom stereocenters. The van der Waals surface area contributed by atoms with Gasteiger partial charge in [0.1, 0.15) is 12.2 Å². The highest BCUT2D eigenvalue weighted by Gasteiger charge is 2.46. The van der Waals surface area contributed by atoms with Crippen molar-refractivity contribution in [2.75, 3.05) is 0 Å². The third-order valence-corrected chi connectivity index (χ3v) is 2.19. The SMILES string of the molecule is Cn1ncnc1C1CC1C(=O)O. The molecule has 5 nitrogen and oxygen atoms in total. The summed E-state index contributed by atoms with van der Waals surface area (Å²) in [6, 6.07) is 0. The lowest BCUT2D eigenvalue weighted by atomic mass is 10.3. The van der Waals surface area contributed by atoms with Crippen LogP contribution in [0.2, 0.25) is 0 Å². The van der Waals surface area contributed by atoms with Gasteiger partial charge in [0.15, 0.2) is 0 Å². The number of hydrogen-bond donors (Lipinski definition) is 1. The van der Waals surface area contributed by atoms with Gasteiger partial charge in [-0.3, -0.25) is 9.48 Å². The average Bonchev–Trinajstić information content (AvgIpc) is 2.70. The summed E-state index contributed by atoms with van der Waals surface area (Å²) in [4.78, 5) is 14.5. The van der Waals surface area contributed by atoms with Gasteiger partial charge >= 0.3 is 5.97 Å². The zero-order valence-corrected chi connectivity index (χ0v) is 6.64. The molecule has 0 aromatic carbocycles. The minimum absolute atomic E-state index is 0.0787. The van der Waals surface area contributed by atoms with E-state index in [1.165, 1.54) is 6.33 Å². The van der Waals surface area contributed by atoms with E-state index in [1.807, 2.05) is 0 Å².